The summed E-state index contributed by atoms with van der Waals surface area (Å²) in [5.74, 6) is 2.24. The Morgan fingerprint density at radius 2 is 2.10 bits per heavy atom. The molecule has 1 saturated heterocycles. The highest BCUT2D eigenvalue weighted by molar-refractivity contribution is 8.18. The predicted molar refractivity (Wildman–Crippen MR) is 86.4 cm³/mol. The third-order valence-corrected chi connectivity index (χ3v) is 6.85. The predicted octanol–water partition coefficient (Wildman–Crippen LogP) is 2.37. The molecule has 0 radical (unpaired) electrons. The van der Waals surface area contributed by atoms with Crippen molar-refractivity contribution in [2.45, 2.75) is 42.3 Å². The van der Waals surface area contributed by atoms with Gasteiger partial charge in [0.1, 0.15) is 12.9 Å². The number of hydrogen-bond donors (Lipinski definition) is 1. The first-order valence-corrected chi connectivity index (χ1v) is 9.19. The molecular weight excluding hydrogens is 314 g/mol. The van der Waals surface area contributed by atoms with Crippen molar-refractivity contribution in [2.75, 3.05) is 38.6 Å². The monoisotopic (exact) mass is 339 g/mol. The summed E-state index contributed by atoms with van der Waals surface area (Å²) >= 11 is 3.86. The minimum absolute atomic E-state index is 0.0757. The van der Waals surface area contributed by atoms with Crippen LogP contribution in [0.4, 0.5) is 0 Å². The zero-order chi connectivity index (χ0) is 15.6. The Morgan fingerprint density at radius 1 is 1.38 bits per heavy atom. The average Bonchev–Trinajstić information content (AvgIpc) is 2.45. The summed E-state index contributed by atoms with van der Waals surface area (Å²) in [5, 5.41) is 20.1. The average molecular weight is 339 g/mol. The molecule has 0 aromatic rings. The first-order chi connectivity index (χ1) is 10.1. The van der Waals surface area contributed by atoms with Crippen molar-refractivity contribution < 1.29 is 19.5 Å². The second-order valence-electron chi connectivity index (χ2n) is 5.09. The van der Waals surface area contributed by atoms with Crippen LogP contribution in [0.1, 0.15) is 32.1 Å². The second kappa shape index (κ2) is 10.7. The molecule has 21 heavy (non-hydrogen) atoms. The van der Waals surface area contributed by atoms with Gasteiger partial charge in [0.15, 0.2) is 0 Å². The van der Waals surface area contributed by atoms with E-state index in [1.54, 1.807) is 7.11 Å². The Bertz CT molecular complexity index is 300. The molecule has 0 amide bonds. The summed E-state index contributed by atoms with van der Waals surface area (Å²) in [6.45, 7) is 0.616. The van der Waals surface area contributed by atoms with Gasteiger partial charge >= 0.3 is 0 Å². The van der Waals surface area contributed by atoms with Crippen LogP contribution in [0.3, 0.4) is 0 Å². The number of nitro groups is 1. The lowest BCUT2D eigenvalue weighted by Crippen LogP contribution is -2.29. The normalized spacial score (nSPS) is 19.3. The molecule has 1 aliphatic rings. The fraction of sp³-hybridized carbons (Fsp3) is 1.00. The maximum absolute atomic E-state index is 10.4. The molecule has 1 rings (SSSR count). The number of ether oxygens (including phenoxy) is 2. The van der Waals surface area contributed by atoms with Gasteiger partial charge in [0, 0.05) is 18.6 Å². The summed E-state index contributed by atoms with van der Waals surface area (Å²) in [6.07, 6.45) is 3.59. The number of aliphatic hydroxyl groups excluding tert-OH is 1. The summed E-state index contributed by atoms with van der Waals surface area (Å²) in [7, 11) is 1.60. The van der Waals surface area contributed by atoms with Gasteiger partial charge in [-0.15, -0.1) is 23.5 Å². The topological polar surface area (TPSA) is 81.8 Å². The summed E-state index contributed by atoms with van der Waals surface area (Å²) in [4.78, 5) is 9.97. The van der Waals surface area contributed by atoms with Crippen LogP contribution in [0.15, 0.2) is 0 Å². The standard InChI is InChI=1S/C13H25NO5S2/c1-18-11-19-7-2-5-13(20-8-3-9-21-13)6-4-12(15)10-14(16)17/h12,15H,2-11H2,1H3. The quantitative estimate of drug-likeness (QED) is 0.268. The van der Waals surface area contributed by atoms with E-state index in [1.807, 2.05) is 23.5 Å². The van der Waals surface area contributed by atoms with Gasteiger partial charge in [-0.2, -0.15) is 0 Å². The second-order valence-corrected chi connectivity index (χ2v) is 8.30. The highest BCUT2D eigenvalue weighted by Gasteiger charge is 2.33. The van der Waals surface area contributed by atoms with Crippen molar-refractivity contribution in [3.63, 3.8) is 0 Å². The minimum atomic E-state index is -0.843. The third kappa shape index (κ3) is 8.25. The Kier molecular flexibility index (Phi) is 9.66. The van der Waals surface area contributed by atoms with Gasteiger partial charge in [-0.1, -0.05) is 0 Å². The van der Waals surface area contributed by atoms with Crippen LogP contribution < -0.4 is 0 Å². The Morgan fingerprint density at radius 3 is 2.71 bits per heavy atom. The highest BCUT2D eigenvalue weighted by Crippen LogP contribution is 2.48. The van der Waals surface area contributed by atoms with Crippen LogP contribution in [-0.2, 0) is 9.47 Å². The number of aliphatic hydroxyl groups is 1. The number of methoxy groups -OCH3 is 1. The summed E-state index contributed by atoms with van der Waals surface area (Å²) in [5.41, 5.74) is 0. The fourth-order valence-electron chi connectivity index (χ4n) is 2.27. The number of hydrogen-bond acceptors (Lipinski definition) is 7. The van der Waals surface area contributed by atoms with Crippen molar-refractivity contribution in [2.24, 2.45) is 0 Å². The smallest absolute Gasteiger partial charge is 0.229 e. The van der Waals surface area contributed by atoms with E-state index >= 15 is 0 Å². The van der Waals surface area contributed by atoms with E-state index in [0.29, 0.717) is 19.8 Å². The van der Waals surface area contributed by atoms with Crippen LogP contribution >= 0.6 is 23.5 Å². The van der Waals surface area contributed by atoms with E-state index in [2.05, 4.69) is 0 Å². The highest BCUT2D eigenvalue weighted by atomic mass is 32.2. The first-order valence-electron chi connectivity index (χ1n) is 7.22. The van der Waals surface area contributed by atoms with E-state index in [0.717, 1.165) is 30.8 Å². The van der Waals surface area contributed by atoms with Gasteiger partial charge in [0.2, 0.25) is 6.54 Å². The van der Waals surface area contributed by atoms with E-state index in [-0.39, 0.29) is 10.6 Å². The molecule has 1 fully saturated rings. The van der Waals surface area contributed by atoms with Gasteiger partial charge in [-0.3, -0.25) is 10.1 Å². The lowest BCUT2D eigenvalue weighted by atomic mass is 10.1. The molecule has 0 aromatic carbocycles. The van der Waals surface area contributed by atoms with Crippen LogP contribution in [-0.4, -0.2) is 58.8 Å². The number of rotatable bonds is 11. The van der Waals surface area contributed by atoms with Crippen molar-refractivity contribution in [1.82, 2.24) is 0 Å². The van der Waals surface area contributed by atoms with Gasteiger partial charge in [0.05, 0.1) is 4.08 Å². The van der Waals surface area contributed by atoms with Gasteiger partial charge in [-0.25, -0.2) is 0 Å². The molecule has 1 aliphatic heterocycles. The molecule has 0 aliphatic carbocycles. The largest absolute Gasteiger partial charge is 0.386 e. The molecule has 1 atom stereocenters. The maximum Gasteiger partial charge on any atom is 0.229 e. The number of thioether (sulfide) groups is 2. The molecule has 1 heterocycles. The van der Waals surface area contributed by atoms with Crippen molar-refractivity contribution in [3.8, 4) is 0 Å². The van der Waals surface area contributed by atoms with Crippen LogP contribution in [0, 0.1) is 10.1 Å². The van der Waals surface area contributed by atoms with E-state index < -0.39 is 11.0 Å². The van der Waals surface area contributed by atoms with Crippen LogP contribution in [0.2, 0.25) is 0 Å². The molecule has 6 nitrogen and oxygen atoms in total. The third-order valence-electron chi connectivity index (χ3n) is 3.28. The van der Waals surface area contributed by atoms with Crippen molar-refractivity contribution in [1.29, 1.82) is 0 Å². The van der Waals surface area contributed by atoms with E-state index in [4.69, 9.17) is 9.47 Å². The Hall–Kier alpha value is -0.0200. The fourth-order valence-corrected chi connectivity index (χ4v) is 5.71. The van der Waals surface area contributed by atoms with Crippen molar-refractivity contribution >= 4 is 23.5 Å². The molecule has 124 valence electrons. The van der Waals surface area contributed by atoms with Gasteiger partial charge in [-0.05, 0) is 43.6 Å². The lowest BCUT2D eigenvalue weighted by molar-refractivity contribution is -0.490. The first kappa shape index (κ1) is 19.0. The van der Waals surface area contributed by atoms with E-state index in [9.17, 15) is 15.2 Å². The maximum atomic E-state index is 10.4. The Balaban J connectivity index is 2.36. The molecule has 0 bridgehead atoms. The molecular formula is C13H25NO5S2. The van der Waals surface area contributed by atoms with Crippen molar-refractivity contribution in [3.05, 3.63) is 10.1 Å². The Labute approximate surface area is 134 Å². The molecule has 0 spiro atoms. The molecule has 0 saturated carbocycles. The minimum Gasteiger partial charge on any atom is -0.386 e. The van der Waals surface area contributed by atoms with Gasteiger partial charge < -0.3 is 14.6 Å². The molecule has 8 heteroatoms. The SMILES string of the molecule is COCOCCCC1(CCC(O)C[N+](=O)[O-])SCCCS1. The zero-order valence-electron chi connectivity index (χ0n) is 12.5. The number of nitrogens with zero attached hydrogens (tertiary/aromatic N) is 1. The molecule has 1 N–H and O–H groups in total. The summed E-state index contributed by atoms with van der Waals surface area (Å²) in [6, 6.07) is 0. The molecule has 0 aromatic heterocycles. The lowest BCUT2D eigenvalue weighted by Gasteiger charge is -2.36. The van der Waals surface area contributed by atoms with E-state index in [1.165, 1.54) is 6.42 Å². The molecule has 1 unspecified atom stereocenters. The van der Waals surface area contributed by atoms with Crippen LogP contribution in [0.5, 0.6) is 0 Å². The summed E-state index contributed by atoms with van der Waals surface area (Å²) < 4.78 is 10.2. The zero-order valence-corrected chi connectivity index (χ0v) is 14.1. The van der Waals surface area contributed by atoms with Gasteiger partial charge in [0.25, 0.3) is 0 Å². The van der Waals surface area contributed by atoms with Crippen LogP contribution in [0.25, 0.3) is 0 Å².